The lowest BCUT2D eigenvalue weighted by molar-refractivity contribution is 0.0690. The molecule has 2 N–H and O–H groups in total. The Morgan fingerprint density at radius 1 is 1.26 bits per heavy atom. The molecular formula is C15H13F2N3O3. The normalized spacial score (nSPS) is 20.4. The molecule has 120 valence electrons. The van der Waals surface area contributed by atoms with E-state index in [2.05, 4.69) is 15.3 Å². The molecule has 0 bridgehead atoms. The van der Waals surface area contributed by atoms with Crippen molar-refractivity contribution in [2.24, 2.45) is 0 Å². The monoisotopic (exact) mass is 321 g/mol. The summed E-state index contributed by atoms with van der Waals surface area (Å²) < 4.78 is 32.0. The molecule has 1 aliphatic heterocycles. The fourth-order valence-corrected chi connectivity index (χ4v) is 2.46. The number of hydrogen-bond donors (Lipinski definition) is 2. The highest BCUT2D eigenvalue weighted by Gasteiger charge is 2.30. The number of ether oxygens (including phenoxy) is 1. The Balaban J connectivity index is 1.76. The lowest BCUT2D eigenvalue weighted by Gasteiger charge is -2.20. The molecule has 6 nitrogen and oxygen atoms in total. The van der Waals surface area contributed by atoms with E-state index in [1.54, 1.807) is 0 Å². The molecule has 2 aromatic rings. The quantitative estimate of drug-likeness (QED) is 0.899. The maximum atomic E-state index is 13.4. The number of carboxylic acids is 1. The summed E-state index contributed by atoms with van der Waals surface area (Å²) in [5, 5.41) is 11.9. The first-order valence-electron chi connectivity index (χ1n) is 6.93. The third kappa shape index (κ3) is 3.26. The van der Waals surface area contributed by atoms with Crippen LogP contribution in [-0.4, -0.2) is 33.7 Å². The van der Waals surface area contributed by atoms with Gasteiger partial charge in [0, 0.05) is 6.61 Å². The van der Waals surface area contributed by atoms with Crippen LogP contribution in [0, 0.1) is 11.6 Å². The highest BCUT2D eigenvalue weighted by molar-refractivity contribution is 5.84. The Morgan fingerprint density at radius 2 is 2.09 bits per heavy atom. The molecule has 0 saturated carbocycles. The van der Waals surface area contributed by atoms with Crippen molar-refractivity contribution >= 4 is 11.8 Å². The van der Waals surface area contributed by atoms with E-state index in [0.29, 0.717) is 24.4 Å². The first-order chi connectivity index (χ1) is 11.0. The summed E-state index contributed by atoms with van der Waals surface area (Å²) in [6.07, 6.45) is 2.65. The van der Waals surface area contributed by atoms with Crippen molar-refractivity contribution in [1.29, 1.82) is 0 Å². The zero-order chi connectivity index (χ0) is 16.4. The van der Waals surface area contributed by atoms with Gasteiger partial charge < -0.3 is 15.2 Å². The number of carbonyl (C=O) groups is 1. The van der Waals surface area contributed by atoms with Crippen LogP contribution in [0.5, 0.6) is 0 Å². The standard InChI is InChI=1S/C15H13F2N3O3/c16-9-2-1-8(5-10(9)17)14-11(3-4-23-14)20-13-7-18-12(6-19-13)15(21)22/h1-2,5-7,11,14H,3-4H2,(H,19,20)(H,21,22). The van der Waals surface area contributed by atoms with Crippen molar-refractivity contribution in [3.63, 3.8) is 0 Å². The van der Waals surface area contributed by atoms with E-state index < -0.39 is 23.7 Å². The minimum Gasteiger partial charge on any atom is -0.476 e. The van der Waals surface area contributed by atoms with Gasteiger partial charge in [-0.25, -0.2) is 23.5 Å². The first-order valence-corrected chi connectivity index (χ1v) is 6.93. The number of aromatic carboxylic acids is 1. The van der Waals surface area contributed by atoms with E-state index in [-0.39, 0.29) is 11.7 Å². The van der Waals surface area contributed by atoms with E-state index in [1.165, 1.54) is 12.3 Å². The van der Waals surface area contributed by atoms with E-state index in [4.69, 9.17) is 9.84 Å². The van der Waals surface area contributed by atoms with Crippen molar-refractivity contribution < 1.29 is 23.4 Å². The molecule has 0 amide bonds. The Bertz CT molecular complexity index is 724. The average Bonchev–Trinajstić information content (AvgIpc) is 2.99. The van der Waals surface area contributed by atoms with Crippen molar-refractivity contribution in [3.05, 3.63) is 53.5 Å². The van der Waals surface area contributed by atoms with Gasteiger partial charge in [-0.05, 0) is 24.1 Å². The molecule has 2 heterocycles. The van der Waals surface area contributed by atoms with Crippen LogP contribution in [0.25, 0.3) is 0 Å². The summed E-state index contributed by atoms with van der Waals surface area (Å²) in [4.78, 5) is 18.5. The van der Waals surface area contributed by atoms with Crippen molar-refractivity contribution in [2.45, 2.75) is 18.6 Å². The number of hydrogen-bond acceptors (Lipinski definition) is 5. The van der Waals surface area contributed by atoms with Gasteiger partial charge in [0.25, 0.3) is 0 Å². The van der Waals surface area contributed by atoms with Crippen LogP contribution in [0.3, 0.4) is 0 Å². The molecular weight excluding hydrogens is 308 g/mol. The molecule has 1 aliphatic rings. The van der Waals surface area contributed by atoms with Gasteiger partial charge in [0.2, 0.25) is 0 Å². The summed E-state index contributed by atoms with van der Waals surface area (Å²) in [6.45, 7) is 0.460. The van der Waals surface area contributed by atoms with Crippen LogP contribution >= 0.6 is 0 Å². The third-order valence-corrected chi connectivity index (χ3v) is 3.57. The molecule has 1 saturated heterocycles. The maximum Gasteiger partial charge on any atom is 0.356 e. The summed E-state index contributed by atoms with van der Waals surface area (Å²) in [7, 11) is 0. The van der Waals surface area contributed by atoms with Crippen LogP contribution in [0.1, 0.15) is 28.6 Å². The minimum atomic E-state index is -1.16. The molecule has 23 heavy (non-hydrogen) atoms. The minimum absolute atomic E-state index is 0.157. The van der Waals surface area contributed by atoms with Crippen LogP contribution in [0.15, 0.2) is 30.6 Å². The fraction of sp³-hybridized carbons (Fsp3) is 0.267. The molecule has 0 radical (unpaired) electrons. The SMILES string of the molecule is O=C(O)c1cnc(NC2CCOC2c2ccc(F)c(F)c2)cn1. The lowest BCUT2D eigenvalue weighted by Crippen LogP contribution is -2.24. The fourth-order valence-electron chi connectivity index (χ4n) is 2.46. The number of aromatic nitrogens is 2. The summed E-state index contributed by atoms with van der Waals surface area (Å²) in [6, 6.07) is 3.44. The number of anilines is 1. The van der Waals surface area contributed by atoms with Crippen molar-refractivity contribution in [1.82, 2.24) is 9.97 Å². The Hall–Kier alpha value is -2.61. The predicted octanol–water partition coefficient (Wildman–Crippen LogP) is 2.40. The van der Waals surface area contributed by atoms with E-state index in [0.717, 1.165) is 18.3 Å². The zero-order valence-corrected chi connectivity index (χ0v) is 11.9. The molecule has 0 aliphatic carbocycles. The van der Waals surface area contributed by atoms with Crippen molar-refractivity contribution in [3.8, 4) is 0 Å². The number of benzene rings is 1. The first kappa shape index (κ1) is 15.3. The predicted molar refractivity (Wildman–Crippen MR) is 76.1 cm³/mol. The molecule has 0 spiro atoms. The van der Waals surface area contributed by atoms with Gasteiger partial charge in [0.1, 0.15) is 11.9 Å². The summed E-state index contributed by atoms with van der Waals surface area (Å²) in [5.41, 5.74) is 0.365. The average molecular weight is 321 g/mol. The maximum absolute atomic E-state index is 13.4. The summed E-state index contributed by atoms with van der Waals surface area (Å²) in [5.74, 6) is -2.61. The van der Waals surface area contributed by atoms with E-state index in [1.807, 2.05) is 0 Å². The topological polar surface area (TPSA) is 84.3 Å². The smallest absolute Gasteiger partial charge is 0.356 e. The zero-order valence-electron chi connectivity index (χ0n) is 11.9. The van der Waals surface area contributed by atoms with E-state index >= 15 is 0 Å². The van der Waals surface area contributed by atoms with Gasteiger partial charge in [-0.15, -0.1) is 0 Å². The molecule has 1 aromatic heterocycles. The number of halogens is 2. The largest absolute Gasteiger partial charge is 0.476 e. The molecule has 1 aromatic carbocycles. The van der Waals surface area contributed by atoms with Crippen LogP contribution in [0.4, 0.5) is 14.6 Å². The van der Waals surface area contributed by atoms with Crippen LogP contribution in [0.2, 0.25) is 0 Å². The Labute approximate surface area is 130 Å². The van der Waals surface area contributed by atoms with Gasteiger partial charge in [-0.1, -0.05) is 6.07 Å². The second-order valence-corrected chi connectivity index (χ2v) is 5.10. The van der Waals surface area contributed by atoms with Crippen LogP contribution < -0.4 is 5.32 Å². The second kappa shape index (κ2) is 6.25. The molecule has 2 atom stereocenters. The number of nitrogens with zero attached hydrogens (tertiary/aromatic N) is 2. The second-order valence-electron chi connectivity index (χ2n) is 5.10. The third-order valence-electron chi connectivity index (χ3n) is 3.57. The van der Waals surface area contributed by atoms with Gasteiger partial charge in [-0.2, -0.15) is 0 Å². The molecule has 8 heteroatoms. The highest BCUT2D eigenvalue weighted by Crippen LogP contribution is 2.31. The van der Waals surface area contributed by atoms with Gasteiger partial charge in [-0.3, -0.25) is 0 Å². The van der Waals surface area contributed by atoms with Crippen LogP contribution in [-0.2, 0) is 4.74 Å². The highest BCUT2D eigenvalue weighted by atomic mass is 19.2. The number of carboxylic acid groups (broad SMARTS) is 1. The number of rotatable bonds is 4. The number of nitrogens with one attached hydrogen (secondary N) is 1. The van der Waals surface area contributed by atoms with E-state index in [9.17, 15) is 13.6 Å². The van der Waals surface area contributed by atoms with Gasteiger partial charge in [0.05, 0.1) is 18.4 Å². The molecule has 3 rings (SSSR count). The van der Waals surface area contributed by atoms with Gasteiger partial charge in [0.15, 0.2) is 17.3 Å². The molecule has 2 unspecified atom stereocenters. The Morgan fingerprint density at radius 3 is 2.74 bits per heavy atom. The van der Waals surface area contributed by atoms with Gasteiger partial charge >= 0.3 is 5.97 Å². The lowest BCUT2D eigenvalue weighted by atomic mass is 10.0. The summed E-state index contributed by atoms with van der Waals surface area (Å²) >= 11 is 0. The Kier molecular flexibility index (Phi) is 4.16. The van der Waals surface area contributed by atoms with Crippen molar-refractivity contribution in [2.75, 3.05) is 11.9 Å². The molecule has 1 fully saturated rings.